The van der Waals surface area contributed by atoms with Gasteiger partial charge in [0.05, 0.1) is 4.90 Å². The molecule has 4 rings (SSSR count). The third-order valence-corrected chi connectivity index (χ3v) is 7.23. The van der Waals surface area contributed by atoms with Gasteiger partial charge < -0.3 is 4.42 Å². The second-order valence-corrected chi connectivity index (χ2v) is 9.61. The molecule has 1 atom stereocenters. The largest absolute Gasteiger partial charge is 0.461 e. The van der Waals surface area contributed by atoms with Gasteiger partial charge in [0, 0.05) is 23.4 Å². The quantitative estimate of drug-likeness (QED) is 0.366. The van der Waals surface area contributed by atoms with Crippen LogP contribution in [0.1, 0.15) is 42.6 Å². The number of hydrogen-bond donors (Lipinski definition) is 3. The topological polar surface area (TPSA) is 109 Å². The molecule has 7 nitrogen and oxygen atoms in total. The Hall–Kier alpha value is -2.68. The Kier molecular flexibility index (Phi) is 6.41. The fourth-order valence-corrected chi connectivity index (χ4v) is 5.39. The molecule has 1 aromatic heterocycles. The van der Waals surface area contributed by atoms with E-state index >= 15 is 0 Å². The smallest absolute Gasteiger partial charge is 0.261 e. The summed E-state index contributed by atoms with van der Waals surface area (Å²) in [5, 5.41) is 10.0. The van der Waals surface area contributed by atoms with E-state index in [1.54, 1.807) is 11.5 Å². The molecule has 3 N–H and O–H groups in total. The summed E-state index contributed by atoms with van der Waals surface area (Å²) in [4.78, 5) is 12.1. The summed E-state index contributed by atoms with van der Waals surface area (Å²) in [5.74, 6) is 0.147. The van der Waals surface area contributed by atoms with Gasteiger partial charge in [0.2, 0.25) is 10.0 Å². The maximum atomic E-state index is 13.0. The first-order valence-corrected chi connectivity index (χ1v) is 12.0. The minimum Gasteiger partial charge on any atom is -0.461 e. The molecule has 8 heteroatoms. The molecule has 0 spiro atoms. The summed E-state index contributed by atoms with van der Waals surface area (Å²) < 4.78 is 34.3. The van der Waals surface area contributed by atoms with Crippen LogP contribution < -0.4 is 10.2 Å². The van der Waals surface area contributed by atoms with Crippen LogP contribution in [0.15, 0.2) is 57.8 Å². The zero-order chi connectivity index (χ0) is 21.8. The SMILES string of the molecule is O=C(NO)C(CCCc1ccccc1)NS(=O)(=O)c1ccc2c3c(oc2c1)CCCC3. The number of carbonyl (C=O) groups is 1. The summed E-state index contributed by atoms with van der Waals surface area (Å²) in [6.07, 6.45) is 5.50. The highest BCUT2D eigenvalue weighted by atomic mass is 32.2. The minimum absolute atomic E-state index is 0.0323. The third kappa shape index (κ3) is 4.81. The number of carbonyl (C=O) groups excluding carboxylic acids is 1. The number of hydrogen-bond acceptors (Lipinski definition) is 5. The number of nitrogens with one attached hydrogen (secondary N) is 2. The first kappa shape index (κ1) is 21.5. The van der Waals surface area contributed by atoms with Crippen LogP contribution in [0.25, 0.3) is 11.0 Å². The van der Waals surface area contributed by atoms with Crippen molar-refractivity contribution in [2.45, 2.75) is 55.9 Å². The van der Waals surface area contributed by atoms with E-state index in [0.717, 1.165) is 48.0 Å². The molecule has 1 amide bonds. The maximum Gasteiger partial charge on any atom is 0.261 e. The monoisotopic (exact) mass is 442 g/mol. The molecule has 0 saturated carbocycles. The van der Waals surface area contributed by atoms with E-state index in [-0.39, 0.29) is 11.3 Å². The lowest BCUT2D eigenvalue weighted by atomic mass is 9.96. The minimum atomic E-state index is -3.98. The van der Waals surface area contributed by atoms with Gasteiger partial charge in [-0.15, -0.1) is 0 Å². The van der Waals surface area contributed by atoms with Crippen LogP contribution in [0, 0.1) is 0 Å². The van der Waals surface area contributed by atoms with Gasteiger partial charge in [0.25, 0.3) is 5.91 Å². The zero-order valence-electron chi connectivity index (χ0n) is 17.1. The Labute approximate surface area is 181 Å². The lowest BCUT2D eigenvalue weighted by Gasteiger charge is -2.17. The Bertz CT molecular complexity index is 1170. The normalized spacial score (nSPS) is 14.9. The third-order valence-electron chi connectivity index (χ3n) is 5.76. The van der Waals surface area contributed by atoms with Gasteiger partial charge in [-0.1, -0.05) is 30.3 Å². The Morgan fingerprint density at radius 2 is 1.87 bits per heavy atom. The molecule has 164 valence electrons. The molecule has 0 bridgehead atoms. The number of hydroxylamine groups is 1. The summed E-state index contributed by atoms with van der Waals surface area (Å²) >= 11 is 0. The lowest BCUT2D eigenvalue weighted by molar-refractivity contribution is -0.131. The summed E-state index contributed by atoms with van der Waals surface area (Å²) in [6, 6.07) is 13.5. The molecule has 1 aliphatic rings. The fraction of sp³-hybridized carbons (Fsp3) is 0.348. The van der Waals surface area contributed by atoms with Crippen molar-refractivity contribution < 1.29 is 22.8 Å². The van der Waals surface area contributed by atoms with Gasteiger partial charge in [-0.05, 0) is 56.2 Å². The van der Waals surface area contributed by atoms with Crippen LogP contribution in [0.3, 0.4) is 0 Å². The van der Waals surface area contributed by atoms with Crippen molar-refractivity contribution in [3.63, 3.8) is 0 Å². The van der Waals surface area contributed by atoms with Crippen molar-refractivity contribution in [1.29, 1.82) is 0 Å². The Morgan fingerprint density at radius 1 is 1.10 bits per heavy atom. The molecule has 1 unspecified atom stereocenters. The van der Waals surface area contributed by atoms with Gasteiger partial charge in [-0.2, -0.15) is 4.72 Å². The van der Waals surface area contributed by atoms with Gasteiger partial charge in [-0.25, -0.2) is 13.9 Å². The standard InChI is InChI=1S/C23H26N2O5S/c26-23(24-27)20(11-6-9-16-7-2-1-3-8-16)25-31(28,29)17-13-14-19-18-10-4-5-12-21(18)30-22(19)15-17/h1-3,7-8,13-15,20,25,27H,4-6,9-12H2,(H,24,26). The average Bonchev–Trinajstić information content (AvgIpc) is 3.16. The fourth-order valence-electron chi connectivity index (χ4n) is 4.14. The van der Waals surface area contributed by atoms with Crippen molar-refractivity contribution in [3.8, 4) is 0 Å². The van der Waals surface area contributed by atoms with Crippen molar-refractivity contribution in [2.75, 3.05) is 0 Å². The van der Waals surface area contributed by atoms with E-state index in [1.165, 1.54) is 12.1 Å². The van der Waals surface area contributed by atoms with Crippen LogP contribution in [-0.2, 0) is 34.1 Å². The highest BCUT2D eigenvalue weighted by molar-refractivity contribution is 7.89. The van der Waals surface area contributed by atoms with Crippen LogP contribution in [0.4, 0.5) is 0 Å². The second-order valence-electron chi connectivity index (χ2n) is 7.90. The second kappa shape index (κ2) is 9.21. The highest BCUT2D eigenvalue weighted by Gasteiger charge is 2.26. The van der Waals surface area contributed by atoms with Crippen LogP contribution in [0.2, 0.25) is 0 Å². The summed E-state index contributed by atoms with van der Waals surface area (Å²) in [6.45, 7) is 0. The van der Waals surface area contributed by atoms with Crippen molar-refractivity contribution in [1.82, 2.24) is 10.2 Å². The predicted octanol–water partition coefficient (Wildman–Crippen LogP) is 3.49. The maximum absolute atomic E-state index is 13.0. The average molecular weight is 443 g/mol. The van der Waals surface area contributed by atoms with Crippen LogP contribution >= 0.6 is 0 Å². The number of benzene rings is 2. The number of furan rings is 1. The highest BCUT2D eigenvalue weighted by Crippen LogP contribution is 2.33. The van der Waals surface area contributed by atoms with E-state index in [9.17, 15) is 13.2 Å². The van der Waals surface area contributed by atoms with Crippen molar-refractivity contribution >= 4 is 26.9 Å². The number of fused-ring (bicyclic) bond motifs is 3. The number of sulfonamides is 1. The molecule has 31 heavy (non-hydrogen) atoms. The van der Waals surface area contributed by atoms with E-state index in [0.29, 0.717) is 18.4 Å². The molecule has 0 fully saturated rings. The number of rotatable bonds is 8. The lowest BCUT2D eigenvalue weighted by Crippen LogP contribution is -2.45. The molecule has 1 heterocycles. The van der Waals surface area contributed by atoms with E-state index in [4.69, 9.17) is 9.62 Å². The van der Waals surface area contributed by atoms with E-state index in [1.807, 2.05) is 30.3 Å². The van der Waals surface area contributed by atoms with Crippen LogP contribution in [0.5, 0.6) is 0 Å². The van der Waals surface area contributed by atoms with E-state index in [2.05, 4.69) is 4.72 Å². The Balaban J connectivity index is 1.50. The molecule has 1 aliphatic carbocycles. The molecular formula is C23H26N2O5S. The van der Waals surface area contributed by atoms with Gasteiger partial charge in [0.15, 0.2) is 0 Å². The number of aryl methyl sites for hydroxylation is 3. The first-order chi connectivity index (χ1) is 15.0. The Morgan fingerprint density at radius 3 is 2.65 bits per heavy atom. The van der Waals surface area contributed by atoms with Crippen molar-refractivity contribution in [2.24, 2.45) is 0 Å². The number of amides is 1. The first-order valence-electron chi connectivity index (χ1n) is 10.5. The molecule has 0 aliphatic heterocycles. The molecular weight excluding hydrogens is 416 g/mol. The van der Waals surface area contributed by atoms with Gasteiger partial charge in [-0.3, -0.25) is 10.0 Å². The van der Waals surface area contributed by atoms with Gasteiger partial charge >= 0.3 is 0 Å². The predicted molar refractivity (Wildman–Crippen MR) is 116 cm³/mol. The van der Waals surface area contributed by atoms with E-state index < -0.39 is 22.0 Å². The summed E-state index contributed by atoms with van der Waals surface area (Å²) in [7, 11) is -3.98. The summed E-state index contributed by atoms with van der Waals surface area (Å²) in [5.41, 5.74) is 4.37. The molecule has 3 aromatic rings. The van der Waals surface area contributed by atoms with Gasteiger partial charge in [0.1, 0.15) is 17.4 Å². The van der Waals surface area contributed by atoms with Crippen LogP contribution in [-0.4, -0.2) is 25.6 Å². The molecule has 0 saturated heterocycles. The van der Waals surface area contributed by atoms with Crippen molar-refractivity contribution in [3.05, 3.63) is 65.4 Å². The molecule has 0 radical (unpaired) electrons. The zero-order valence-corrected chi connectivity index (χ0v) is 18.0. The molecule has 2 aromatic carbocycles.